The summed E-state index contributed by atoms with van der Waals surface area (Å²) >= 11 is 0. The van der Waals surface area contributed by atoms with E-state index in [0.29, 0.717) is 5.41 Å². The first kappa shape index (κ1) is 10.1. The molecule has 3 nitrogen and oxygen atoms in total. The molecule has 2 N–H and O–H groups in total. The summed E-state index contributed by atoms with van der Waals surface area (Å²) < 4.78 is 1.88. The van der Waals surface area contributed by atoms with Crippen molar-refractivity contribution in [3.05, 3.63) is 11.8 Å². The molecule has 0 saturated heterocycles. The van der Waals surface area contributed by atoms with Crippen molar-refractivity contribution in [3.8, 4) is 0 Å². The number of nitrogens with zero attached hydrogens (tertiary/aromatic N) is 2. The Morgan fingerprint density at radius 1 is 1.46 bits per heavy atom. The molecule has 0 amide bonds. The number of hydrogen-bond acceptors (Lipinski definition) is 2. The highest BCUT2D eigenvalue weighted by atomic mass is 15.3. The van der Waals surface area contributed by atoms with Gasteiger partial charge in [0.05, 0.1) is 5.69 Å². The van der Waals surface area contributed by atoms with E-state index in [4.69, 9.17) is 5.73 Å². The Morgan fingerprint density at radius 3 is 2.46 bits per heavy atom. The van der Waals surface area contributed by atoms with Crippen LogP contribution in [0.4, 0.5) is 5.82 Å². The van der Waals surface area contributed by atoms with Crippen molar-refractivity contribution in [2.75, 3.05) is 5.73 Å². The molecule has 0 aliphatic carbocycles. The number of aryl methyl sites for hydroxylation is 2. The van der Waals surface area contributed by atoms with Gasteiger partial charge in [0.25, 0.3) is 0 Å². The summed E-state index contributed by atoms with van der Waals surface area (Å²) in [7, 11) is 0. The molecule has 0 bridgehead atoms. The van der Waals surface area contributed by atoms with Gasteiger partial charge in [0, 0.05) is 12.6 Å². The van der Waals surface area contributed by atoms with Crippen molar-refractivity contribution < 1.29 is 0 Å². The fraction of sp³-hybridized carbons (Fsp3) is 0.700. The van der Waals surface area contributed by atoms with Crippen LogP contribution in [0.15, 0.2) is 6.07 Å². The van der Waals surface area contributed by atoms with Crippen molar-refractivity contribution in [2.24, 2.45) is 5.41 Å². The lowest BCUT2D eigenvalue weighted by Crippen LogP contribution is -2.12. The maximum atomic E-state index is 5.77. The van der Waals surface area contributed by atoms with E-state index in [0.717, 1.165) is 24.5 Å². The Morgan fingerprint density at radius 2 is 2.08 bits per heavy atom. The monoisotopic (exact) mass is 181 g/mol. The van der Waals surface area contributed by atoms with E-state index >= 15 is 0 Å². The smallest absolute Gasteiger partial charge is 0.121 e. The van der Waals surface area contributed by atoms with Gasteiger partial charge in [-0.25, -0.2) is 4.68 Å². The van der Waals surface area contributed by atoms with Crippen LogP contribution in [0, 0.1) is 12.3 Å². The van der Waals surface area contributed by atoms with Crippen molar-refractivity contribution >= 4 is 5.82 Å². The van der Waals surface area contributed by atoms with Crippen LogP contribution in [0.5, 0.6) is 0 Å². The average molecular weight is 181 g/mol. The van der Waals surface area contributed by atoms with Gasteiger partial charge in [-0.3, -0.25) is 0 Å². The largest absolute Gasteiger partial charge is 0.384 e. The number of nitrogens with two attached hydrogens (primary N) is 1. The molecular weight excluding hydrogens is 162 g/mol. The van der Waals surface area contributed by atoms with Crippen molar-refractivity contribution in [3.63, 3.8) is 0 Å². The lowest BCUT2D eigenvalue weighted by Gasteiger charge is -2.17. The summed E-state index contributed by atoms with van der Waals surface area (Å²) in [5.41, 5.74) is 7.10. The predicted octanol–water partition coefficient (Wildman–Crippen LogP) is 2.21. The minimum Gasteiger partial charge on any atom is -0.384 e. The molecule has 0 radical (unpaired) electrons. The van der Waals surface area contributed by atoms with E-state index in [-0.39, 0.29) is 0 Å². The average Bonchev–Trinajstić information content (AvgIpc) is 2.24. The zero-order valence-electron chi connectivity index (χ0n) is 8.96. The van der Waals surface area contributed by atoms with E-state index in [2.05, 4.69) is 25.9 Å². The summed E-state index contributed by atoms with van der Waals surface area (Å²) in [6.45, 7) is 9.53. The van der Waals surface area contributed by atoms with Gasteiger partial charge < -0.3 is 5.73 Å². The van der Waals surface area contributed by atoms with Gasteiger partial charge in [-0.1, -0.05) is 20.8 Å². The zero-order chi connectivity index (χ0) is 10.1. The lowest BCUT2D eigenvalue weighted by atomic mass is 9.92. The molecule has 0 fully saturated rings. The fourth-order valence-electron chi connectivity index (χ4n) is 1.19. The molecule has 3 heteroatoms. The van der Waals surface area contributed by atoms with E-state index in [1.165, 1.54) is 0 Å². The number of nitrogen functional groups attached to an aromatic ring is 1. The molecule has 0 atom stereocenters. The van der Waals surface area contributed by atoms with E-state index < -0.39 is 0 Å². The fourth-order valence-corrected chi connectivity index (χ4v) is 1.19. The van der Waals surface area contributed by atoms with Gasteiger partial charge in [-0.2, -0.15) is 5.10 Å². The van der Waals surface area contributed by atoms with E-state index in [9.17, 15) is 0 Å². The number of anilines is 1. The first-order valence-corrected chi connectivity index (χ1v) is 4.68. The van der Waals surface area contributed by atoms with Crippen LogP contribution in [0.3, 0.4) is 0 Å². The molecular formula is C10H19N3. The molecule has 13 heavy (non-hydrogen) atoms. The van der Waals surface area contributed by atoms with Crippen LogP contribution in [-0.2, 0) is 6.54 Å². The lowest BCUT2D eigenvalue weighted by molar-refractivity contribution is 0.342. The van der Waals surface area contributed by atoms with Crippen LogP contribution in [0.25, 0.3) is 0 Å². The standard InChI is InChI=1S/C10H19N3/c1-8-7-9(11)13(12-8)6-5-10(2,3)4/h7H,5-6,11H2,1-4H3. The maximum Gasteiger partial charge on any atom is 0.121 e. The molecule has 0 aromatic carbocycles. The second-order valence-electron chi connectivity index (χ2n) is 4.74. The van der Waals surface area contributed by atoms with Gasteiger partial charge in [0.1, 0.15) is 5.82 Å². The van der Waals surface area contributed by atoms with Crippen molar-refractivity contribution in [1.82, 2.24) is 9.78 Å². The SMILES string of the molecule is Cc1cc(N)n(CCC(C)(C)C)n1. The highest BCUT2D eigenvalue weighted by Gasteiger charge is 2.11. The molecule has 0 spiro atoms. The minimum absolute atomic E-state index is 0.340. The Balaban J connectivity index is 2.59. The topological polar surface area (TPSA) is 43.8 Å². The molecule has 74 valence electrons. The number of hydrogen-bond donors (Lipinski definition) is 1. The molecule has 1 aromatic rings. The van der Waals surface area contributed by atoms with Gasteiger partial charge in [0.2, 0.25) is 0 Å². The van der Waals surface area contributed by atoms with Gasteiger partial charge in [-0.15, -0.1) is 0 Å². The predicted molar refractivity (Wildman–Crippen MR) is 55.4 cm³/mol. The van der Waals surface area contributed by atoms with Crippen LogP contribution in [0.1, 0.15) is 32.9 Å². The highest BCUT2D eigenvalue weighted by molar-refractivity contribution is 5.29. The molecule has 0 aliphatic heterocycles. The number of rotatable bonds is 2. The molecule has 1 aromatic heterocycles. The third kappa shape index (κ3) is 3.09. The molecule has 1 rings (SSSR count). The van der Waals surface area contributed by atoms with Gasteiger partial charge in [-0.05, 0) is 18.8 Å². The molecule has 1 heterocycles. The van der Waals surface area contributed by atoms with Crippen LogP contribution in [0.2, 0.25) is 0 Å². The normalized spacial score (nSPS) is 12.0. The highest BCUT2D eigenvalue weighted by Crippen LogP contribution is 2.20. The van der Waals surface area contributed by atoms with Crippen LogP contribution >= 0.6 is 0 Å². The van der Waals surface area contributed by atoms with Crippen molar-refractivity contribution in [1.29, 1.82) is 0 Å². The quantitative estimate of drug-likeness (QED) is 0.760. The second-order valence-corrected chi connectivity index (χ2v) is 4.74. The Kier molecular flexibility index (Phi) is 2.64. The summed E-state index contributed by atoms with van der Waals surface area (Å²) in [5.74, 6) is 0.766. The summed E-state index contributed by atoms with van der Waals surface area (Å²) in [5, 5.41) is 4.30. The van der Waals surface area contributed by atoms with Crippen molar-refractivity contribution in [2.45, 2.75) is 40.7 Å². The molecule has 0 aliphatic rings. The first-order chi connectivity index (χ1) is 5.88. The third-order valence-corrected chi connectivity index (χ3v) is 2.01. The Labute approximate surface area is 79.9 Å². The second kappa shape index (κ2) is 3.40. The summed E-state index contributed by atoms with van der Waals surface area (Å²) in [6, 6.07) is 1.91. The van der Waals surface area contributed by atoms with Crippen LogP contribution < -0.4 is 5.73 Å². The summed E-state index contributed by atoms with van der Waals surface area (Å²) in [4.78, 5) is 0. The minimum atomic E-state index is 0.340. The van der Waals surface area contributed by atoms with Crippen LogP contribution in [-0.4, -0.2) is 9.78 Å². The van der Waals surface area contributed by atoms with Gasteiger partial charge >= 0.3 is 0 Å². The maximum absolute atomic E-state index is 5.77. The Bertz CT molecular complexity index is 281. The van der Waals surface area contributed by atoms with E-state index in [1.807, 2.05) is 17.7 Å². The zero-order valence-corrected chi connectivity index (χ0v) is 8.96. The Hall–Kier alpha value is -0.990. The molecule has 0 unspecified atom stereocenters. The first-order valence-electron chi connectivity index (χ1n) is 4.68. The molecule has 0 saturated carbocycles. The van der Waals surface area contributed by atoms with E-state index in [1.54, 1.807) is 0 Å². The summed E-state index contributed by atoms with van der Waals surface area (Å²) in [6.07, 6.45) is 1.10. The third-order valence-electron chi connectivity index (χ3n) is 2.01. The van der Waals surface area contributed by atoms with Gasteiger partial charge in [0.15, 0.2) is 0 Å². The number of aromatic nitrogens is 2.